The maximum Gasteiger partial charge on any atom is 0.234 e. The van der Waals surface area contributed by atoms with Crippen LogP contribution in [0.25, 0.3) is 5.69 Å². The Kier molecular flexibility index (Phi) is 5.29. The number of benzene rings is 2. The van der Waals surface area contributed by atoms with E-state index in [-0.39, 0.29) is 11.7 Å². The van der Waals surface area contributed by atoms with Crippen LogP contribution < -0.4 is 19.5 Å². The van der Waals surface area contributed by atoms with Crippen molar-refractivity contribution in [1.82, 2.24) is 20.2 Å². The maximum absolute atomic E-state index is 12.3. The fourth-order valence-electron chi connectivity index (χ4n) is 2.67. The highest BCUT2D eigenvalue weighted by molar-refractivity contribution is 7.99. The number of nitrogens with one attached hydrogen (secondary N) is 1. The van der Waals surface area contributed by atoms with Crippen LogP contribution in [0.4, 0.5) is 5.69 Å². The van der Waals surface area contributed by atoms with Gasteiger partial charge in [0.15, 0.2) is 11.5 Å². The number of carbonyl (C=O) groups excluding carboxylic acids is 1. The molecule has 0 bridgehead atoms. The number of aromatic nitrogens is 4. The molecule has 2 aromatic carbocycles. The third-order valence-electron chi connectivity index (χ3n) is 3.91. The van der Waals surface area contributed by atoms with E-state index >= 15 is 0 Å². The van der Waals surface area contributed by atoms with Crippen LogP contribution in [-0.4, -0.2) is 52.2 Å². The molecule has 10 heteroatoms. The van der Waals surface area contributed by atoms with Crippen molar-refractivity contribution >= 4 is 23.4 Å². The standard InChI is InChI=1S/C18H17N5O4S/c1-25-14-5-3-2-4-13(14)23-18(20-21-22-23)28-11-17(24)19-12-6-7-15-16(10-12)27-9-8-26-15/h2-7,10H,8-9,11H2,1H3,(H,19,24). The largest absolute Gasteiger partial charge is 0.494 e. The van der Waals surface area contributed by atoms with Crippen molar-refractivity contribution in [2.45, 2.75) is 5.16 Å². The molecule has 0 aliphatic carbocycles. The molecule has 0 unspecified atom stereocenters. The lowest BCUT2D eigenvalue weighted by Gasteiger charge is -2.18. The van der Waals surface area contributed by atoms with Gasteiger partial charge in [0.1, 0.15) is 24.7 Å². The summed E-state index contributed by atoms with van der Waals surface area (Å²) in [5.41, 5.74) is 1.34. The summed E-state index contributed by atoms with van der Waals surface area (Å²) in [5.74, 6) is 1.89. The number of carbonyl (C=O) groups is 1. The van der Waals surface area contributed by atoms with Gasteiger partial charge in [-0.25, -0.2) is 0 Å². The maximum atomic E-state index is 12.3. The van der Waals surface area contributed by atoms with Crippen LogP contribution >= 0.6 is 11.8 Å². The second kappa shape index (κ2) is 8.17. The lowest BCUT2D eigenvalue weighted by Crippen LogP contribution is -2.17. The Morgan fingerprint density at radius 1 is 1.21 bits per heavy atom. The summed E-state index contributed by atoms with van der Waals surface area (Å²) < 4.78 is 17.9. The monoisotopic (exact) mass is 399 g/mol. The van der Waals surface area contributed by atoms with Gasteiger partial charge in [0.25, 0.3) is 0 Å². The van der Waals surface area contributed by atoms with E-state index in [2.05, 4.69) is 20.8 Å². The SMILES string of the molecule is COc1ccccc1-n1nnnc1SCC(=O)Nc1ccc2c(c1)OCCO2. The summed E-state index contributed by atoms with van der Waals surface area (Å²) in [7, 11) is 1.58. The topological polar surface area (TPSA) is 100 Å². The highest BCUT2D eigenvalue weighted by atomic mass is 32.2. The number of fused-ring (bicyclic) bond motifs is 1. The summed E-state index contributed by atoms with van der Waals surface area (Å²) in [4.78, 5) is 12.3. The van der Waals surface area contributed by atoms with Gasteiger partial charge in [0.05, 0.1) is 12.9 Å². The minimum atomic E-state index is -0.184. The van der Waals surface area contributed by atoms with E-state index in [4.69, 9.17) is 14.2 Å². The number of rotatable bonds is 6. The number of hydrogen-bond donors (Lipinski definition) is 1. The molecule has 1 aliphatic heterocycles. The van der Waals surface area contributed by atoms with Crippen LogP contribution in [0.15, 0.2) is 47.6 Å². The third-order valence-corrected chi connectivity index (χ3v) is 4.83. The summed E-state index contributed by atoms with van der Waals surface area (Å²) in [6.45, 7) is 1.02. The van der Waals surface area contributed by atoms with Crippen molar-refractivity contribution in [3.05, 3.63) is 42.5 Å². The molecule has 0 radical (unpaired) electrons. The van der Waals surface area contributed by atoms with Gasteiger partial charge in [-0.2, -0.15) is 4.68 Å². The number of tetrazole rings is 1. The quantitative estimate of drug-likeness (QED) is 0.630. The fraction of sp³-hybridized carbons (Fsp3) is 0.222. The Labute approximate surface area is 165 Å². The highest BCUT2D eigenvalue weighted by Crippen LogP contribution is 2.32. The summed E-state index contributed by atoms with van der Waals surface area (Å²) >= 11 is 1.23. The number of methoxy groups -OCH3 is 1. The molecule has 144 valence electrons. The van der Waals surface area contributed by atoms with Crippen LogP contribution in [0.5, 0.6) is 17.2 Å². The minimum Gasteiger partial charge on any atom is -0.494 e. The molecule has 28 heavy (non-hydrogen) atoms. The summed E-state index contributed by atoms with van der Waals surface area (Å²) in [5, 5.41) is 15.0. The zero-order valence-corrected chi connectivity index (χ0v) is 15.8. The van der Waals surface area contributed by atoms with Gasteiger partial charge in [0, 0.05) is 11.8 Å². The number of nitrogens with zero attached hydrogens (tertiary/aromatic N) is 4. The number of amides is 1. The first kappa shape index (κ1) is 18.1. The number of thioether (sulfide) groups is 1. The Bertz CT molecular complexity index is 994. The fourth-order valence-corrected chi connectivity index (χ4v) is 3.36. The molecule has 1 aliphatic rings. The Morgan fingerprint density at radius 3 is 2.89 bits per heavy atom. The van der Waals surface area contributed by atoms with Gasteiger partial charge < -0.3 is 19.5 Å². The number of hydrogen-bond acceptors (Lipinski definition) is 8. The van der Waals surface area contributed by atoms with E-state index in [0.29, 0.717) is 47.0 Å². The van der Waals surface area contributed by atoms with Crippen LogP contribution in [0, 0.1) is 0 Å². The number of para-hydroxylation sites is 2. The second-order valence-corrected chi connectivity index (χ2v) is 6.68. The van der Waals surface area contributed by atoms with Gasteiger partial charge in [-0.1, -0.05) is 23.9 Å². The third kappa shape index (κ3) is 3.86. The van der Waals surface area contributed by atoms with E-state index < -0.39 is 0 Å². The lowest BCUT2D eigenvalue weighted by molar-refractivity contribution is -0.113. The van der Waals surface area contributed by atoms with Crippen molar-refractivity contribution in [2.75, 3.05) is 31.4 Å². The molecule has 3 aromatic rings. The zero-order valence-electron chi connectivity index (χ0n) is 15.0. The predicted molar refractivity (Wildman–Crippen MR) is 102 cm³/mol. The summed E-state index contributed by atoms with van der Waals surface area (Å²) in [6.07, 6.45) is 0. The van der Waals surface area contributed by atoms with Crippen molar-refractivity contribution in [3.63, 3.8) is 0 Å². The first-order chi connectivity index (χ1) is 13.7. The smallest absolute Gasteiger partial charge is 0.234 e. The normalized spacial score (nSPS) is 12.5. The van der Waals surface area contributed by atoms with Crippen LogP contribution in [-0.2, 0) is 4.79 Å². The first-order valence-electron chi connectivity index (χ1n) is 8.48. The van der Waals surface area contributed by atoms with E-state index in [1.54, 1.807) is 30.0 Å². The first-order valence-corrected chi connectivity index (χ1v) is 9.47. The number of ether oxygens (including phenoxy) is 3. The van der Waals surface area contributed by atoms with Gasteiger partial charge in [-0.05, 0) is 34.7 Å². The van der Waals surface area contributed by atoms with E-state index in [9.17, 15) is 4.79 Å². The molecule has 1 aromatic heterocycles. The molecular weight excluding hydrogens is 382 g/mol. The predicted octanol–water partition coefficient (Wildman–Crippen LogP) is 2.17. The molecular formula is C18H17N5O4S. The molecule has 2 heterocycles. The van der Waals surface area contributed by atoms with Crippen molar-refractivity contribution in [1.29, 1.82) is 0 Å². The molecule has 4 rings (SSSR count). The molecule has 0 atom stereocenters. The van der Waals surface area contributed by atoms with Gasteiger partial charge in [-0.3, -0.25) is 4.79 Å². The Morgan fingerprint density at radius 2 is 2.04 bits per heavy atom. The van der Waals surface area contributed by atoms with E-state index in [0.717, 1.165) is 0 Å². The van der Waals surface area contributed by atoms with E-state index in [1.807, 2.05) is 24.3 Å². The minimum absolute atomic E-state index is 0.143. The Hall–Kier alpha value is -3.27. The van der Waals surface area contributed by atoms with Crippen molar-refractivity contribution in [2.24, 2.45) is 0 Å². The molecule has 0 spiro atoms. The molecule has 0 fully saturated rings. The molecule has 0 saturated heterocycles. The number of anilines is 1. The van der Waals surface area contributed by atoms with Crippen LogP contribution in [0.2, 0.25) is 0 Å². The van der Waals surface area contributed by atoms with Gasteiger partial charge in [-0.15, -0.1) is 5.10 Å². The van der Waals surface area contributed by atoms with E-state index in [1.165, 1.54) is 11.8 Å². The van der Waals surface area contributed by atoms with Gasteiger partial charge in [0.2, 0.25) is 11.1 Å². The Balaban J connectivity index is 1.41. The molecule has 9 nitrogen and oxygen atoms in total. The lowest BCUT2D eigenvalue weighted by atomic mass is 10.2. The molecule has 1 amide bonds. The average Bonchev–Trinajstić information content (AvgIpc) is 3.20. The van der Waals surface area contributed by atoms with Crippen molar-refractivity contribution in [3.8, 4) is 22.9 Å². The molecule has 1 N–H and O–H groups in total. The van der Waals surface area contributed by atoms with Crippen molar-refractivity contribution < 1.29 is 19.0 Å². The van der Waals surface area contributed by atoms with Gasteiger partial charge >= 0.3 is 0 Å². The van der Waals surface area contributed by atoms with Crippen LogP contribution in [0.1, 0.15) is 0 Å². The zero-order chi connectivity index (χ0) is 19.3. The highest BCUT2D eigenvalue weighted by Gasteiger charge is 2.16. The average molecular weight is 399 g/mol. The summed E-state index contributed by atoms with van der Waals surface area (Å²) in [6, 6.07) is 12.7. The molecule has 0 saturated carbocycles. The second-order valence-electron chi connectivity index (χ2n) is 5.74. The van der Waals surface area contributed by atoms with Crippen LogP contribution in [0.3, 0.4) is 0 Å².